The largest absolute Gasteiger partial charge is 0.460 e. The molecule has 1 heteroatoms. The molecule has 1 atom stereocenters. The van der Waals surface area contributed by atoms with Crippen molar-refractivity contribution in [1.29, 1.82) is 0 Å². The molecule has 1 aromatic heterocycles. The highest BCUT2D eigenvalue weighted by molar-refractivity contribution is 5.77. The van der Waals surface area contributed by atoms with Gasteiger partial charge in [-0.05, 0) is 17.7 Å². The van der Waals surface area contributed by atoms with E-state index in [0.717, 1.165) is 11.3 Å². The molecule has 3 aromatic rings. The van der Waals surface area contributed by atoms with Gasteiger partial charge in [-0.25, -0.2) is 0 Å². The average Bonchev–Trinajstić information content (AvgIpc) is 2.82. The fourth-order valence-corrected chi connectivity index (χ4v) is 2.12. The van der Waals surface area contributed by atoms with E-state index in [4.69, 9.17) is 4.42 Å². The van der Waals surface area contributed by atoms with Crippen molar-refractivity contribution in [2.75, 3.05) is 0 Å². The van der Waals surface area contributed by atoms with Gasteiger partial charge in [-0.3, -0.25) is 0 Å². The summed E-state index contributed by atoms with van der Waals surface area (Å²) < 4.78 is 5.88. The second kappa shape index (κ2) is 4.10. The van der Waals surface area contributed by atoms with Crippen molar-refractivity contribution >= 4 is 11.0 Å². The van der Waals surface area contributed by atoms with Crippen molar-refractivity contribution < 1.29 is 4.42 Å². The first-order valence-corrected chi connectivity index (χ1v) is 5.88. The maximum atomic E-state index is 5.88. The van der Waals surface area contributed by atoms with Crippen LogP contribution in [0, 0.1) is 0 Å². The summed E-state index contributed by atoms with van der Waals surface area (Å²) in [6, 6.07) is 20.7. The van der Waals surface area contributed by atoms with E-state index in [1.807, 2.05) is 24.3 Å². The van der Waals surface area contributed by atoms with Gasteiger partial charge < -0.3 is 4.42 Å². The Labute approximate surface area is 101 Å². The molecule has 0 aliphatic heterocycles. The Morgan fingerprint density at radius 3 is 2.35 bits per heavy atom. The number of furan rings is 1. The van der Waals surface area contributed by atoms with Crippen LogP contribution in [0.3, 0.4) is 0 Å². The van der Waals surface area contributed by atoms with E-state index in [1.54, 1.807) is 0 Å². The predicted octanol–water partition coefficient (Wildman–Crippen LogP) is 4.58. The third-order valence-electron chi connectivity index (χ3n) is 3.17. The molecule has 0 spiro atoms. The van der Waals surface area contributed by atoms with E-state index in [-0.39, 0.29) is 0 Å². The molecular formula is C16H14O. The monoisotopic (exact) mass is 222 g/mol. The third-order valence-corrected chi connectivity index (χ3v) is 3.17. The smallest absolute Gasteiger partial charge is 0.134 e. The molecule has 1 unspecified atom stereocenters. The van der Waals surface area contributed by atoms with Crippen molar-refractivity contribution in [3.05, 3.63) is 72.0 Å². The van der Waals surface area contributed by atoms with Gasteiger partial charge in [-0.1, -0.05) is 55.5 Å². The number of hydrogen-bond donors (Lipinski definition) is 0. The first-order valence-electron chi connectivity index (χ1n) is 5.88. The highest BCUT2D eigenvalue weighted by atomic mass is 16.3. The van der Waals surface area contributed by atoms with Crippen molar-refractivity contribution in [2.45, 2.75) is 12.8 Å². The molecule has 0 fully saturated rings. The van der Waals surface area contributed by atoms with E-state index in [1.165, 1.54) is 10.9 Å². The molecule has 0 aliphatic carbocycles. The second-order valence-electron chi connectivity index (χ2n) is 4.32. The molecule has 1 nitrogen and oxygen atoms in total. The van der Waals surface area contributed by atoms with Crippen LogP contribution in [-0.4, -0.2) is 0 Å². The first kappa shape index (κ1) is 10.2. The van der Waals surface area contributed by atoms with Gasteiger partial charge in [-0.2, -0.15) is 0 Å². The molecule has 0 bridgehead atoms. The standard InChI is InChI=1S/C16H14O/c1-12(13-7-3-2-4-8-13)16-11-14-9-5-6-10-15(14)17-16/h2-12H,1H3. The Morgan fingerprint density at radius 2 is 1.59 bits per heavy atom. The van der Waals surface area contributed by atoms with Crippen molar-refractivity contribution in [1.82, 2.24) is 0 Å². The minimum atomic E-state index is 0.295. The molecule has 0 amide bonds. The highest BCUT2D eigenvalue weighted by Gasteiger charge is 2.12. The molecule has 0 aliphatic rings. The molecule has 3 rings (SSSR count). The summed E-state index contributed by atoms with van der Waals surface area (Å²) in [5.74, 6) is 1.32. The number of hydrogen-bond acceptors (Lipinski definition) is 1. The number of benzene rings is 2. The summed E-state index contributed by atoms with van der Waals surface area (Å²) in [7, 11) is 0. The van der Waals surface area contributed by atoms with Crippen LogP contribution in [0.4, 0.5) is 0 Å². The van der Waals surface area contributed by atoms with E-state index in [0.29, 0.717) is 5.92 Å². The fourth-order valence-electron chi connectivity index (χ4n) is 2.12. The van der Waals surface area contributed by atoms with Gasteiger partial charge in [0, 0.05) is 11.3 Å². The van der Waals surface area contributed by atoms with Gasteiger partial charge in [0.15, 0.2) is 0 Å². The van der Waals surface area contributed by atoms with Gasteiger partial charge in [0.25, 0.3) is 0 Å². The SMILES string of the molecule is CC(c1ccccc1)c1cc2ccccc2o1. The van der Waals surface area contributed by atoms with Crippen LogP contribution in [0.25, 0.3) is 11.0 Å². The van der Waals surface area contributed by atoms with Crippen LogP contribution in [0.5, 0.6) is 0 Å². The van der Waals surface area contributed by atoms with Crippen LogP contribution >= 0.6 is 0 Å². The van der Waals surface area contributed by atoms with Crippen molar-refractivity contribution in [3.63, 3.8) is 0 Å². The summed E-state index contributed by atoms with van der Waals surface area (Å²) in [6.07, 6.45) is 0. The normalized spacial score (nSPS) is 12.8. The van der Waals surface area contributed by atoms with Crippen LogP contribution in [0.2, 0.25) is 0 Å². The van der Waals surface area contributed by atoms with E-state index in [2.05, 4.69) is 43.3 Å². The van der Waals surface area contributed by atoms with Crippen LogP contribution in [0.1, 0.15) is 24.2 Å². The number of para-hydroxylation sites is 1. The summed E-state index contributed by atoms with van der Waals surface area (Å²) >= 11 is 0. The quantitative estimate of drug-likeness (QED) is 0.618. The molecule has 17 heavy (non-hydrogen) atoms. The molecule has 84 valence electrons. The Balaban J connectivity index is 2.04. The summed E-state index contributed by atoms with van der Waals surface area (Å²) in [5.41, 5.74) is 2.25. The van der Waals surface area contributed by atoms with E-state index >= 15 is 0 Å². The zero-order chi connectivity index (χ0) is 11.7. The van der Waals surface area contributed by atoms with Crippen LogP contribution in [0.15, 0.2) is 65.1 Å². The van der Waals surface area contributed by atoms with E-state index < -0.39 is 0 Å². The van der Waals surface area contributed by atoms with Gasteiger partial charge in [0.05, 0.1) is 0 Å². The highest BCUT2D eigenvalue weighted by Crippen LogP contribution is 2.29. The molecular weight excluding hydrogens is 208 g/mol. The van der Waals surface area contributed by atoms with Crippen molar-refractivity contribution in [2.24, 2.45) is 0 Å². The Hall–Kier alpha value is -2.02. The molecule has 2 aromatic carbocycles. The fraction of sp³-hybridized carbons (Fsp3) is 0.125. The Bertz CT molecular complexity index is 589. The molecule has 0 saturated carbocycles. The second-order valence-corrected chi connectivity index (χ2v) is 4.32. The van der Waals surface area contributed by atoms with Crippen LogP contribution in [-0.2, 0) is 0 Å². The Kier molecular flexibility index (Phi) is 2.45. The summed E-state index contributed by atoms with van der Waals surface area (Å²) in [5, 5.41) is 1.17. The predicted molar refractivity (Wildman–Crippen MR) is 70.2 cm³/mol. The maximum absolute atomic E-state index is 5.88. The summed E-state index contributed by atoms with van der Waals surface area (Å²) in [6.45, 7) is 2.17. The zero-order valence-electron chi connectivity index (χ0n) is 9.76. The zero-order valence-corrected chi connectivity index (χ0v) is 9.76. The number of fused-ring (bicyclic) bond motifs is 1. The lowest BCUT2D eigenvalue weighted by molar-refractivity contribution is 0.532. The van der Waals surface area contributed by atoms with Crippen molar-refractivity contribution in [3.8, 4) is 0 Å². The van der Waals surface area contributed by atoms with Gasteiger partial charge >= 0.3 is 0 Å². The molecule has 0 radical (unpaired) electrons. The lowest BCUT2D eigenvalue weighted by atomic mass is 9.99. The average molecular weight is 222 g/mol. The lowest BCUT2D eigenvalue weighted by Gasteiger charge is -2.07. The first-order chi connectivity index (χ1) is 8.34. The van der Waals surface area contributed by atoms with Gasteiger partial charge in [0.1, 0.15) is 11.3 Å². The third kappa shape index (κ3) is 1.84. The van der Waals surface area contributed by atoms with Gasteiger partial charge in [0.2, 0.25) is 0 Å². The molecule has 0 saturated heterocycles. The van der Waals surface area contributed by atoms with E-state index in [9.17, 15) is 0 Å². The molecule has 0 N–H and O–H groups in total. The summed E-state index contributed by atoms with van der Waals surface area (Å²) in [4.78, 5) is 0. The minimum absolute atomic E-state index is 0.295. The lowest BCUT2D eigenvalue weighted by Crippen LogP contribution is -1.92. The maximum Gasteiger partial charge on any atom is 0.134 e. The molecule has 1 heterocycles. The Morgan fingerprint density at radius 1 is 0.882 bits per heavy atom. The minimum Gasteiger partial charge on any atom is -0.460 e. The topological polar surface area (TPSA) is 13.1 Å². The number of rotatable bonds is 2. The van der Waals surface area contributed by atoms with Gasteiger partial charge in [-0.15, -0.1) is 0 Å². The van der Waals surface area contributed by atoms with Crippen LogP contribution < -0.4 is 0 Å².